The van der Waals surface area contributed by atoms with E-state index in [1.54, 1.807) is 0 Å². The summed E-state index contributed by atoms with van der Waals surface area (Å²) in [6.07, 6.45) is 10.5. The second kappa shape index (κ2) is 9.21. The van der Waals surface area contributed by atoms with Crippen molar-refractivity contribution in [2.75, 3.05) is 26.2 Å². The van der Waals surface area contributed by atoms with Gasteiger partial charge in [-0.1, -0.05) is 19.3 Å². The van der Waals surface area contributed by atoms with E-state index in [1.807, 2.05) is 17.9 Å². The number of nitrogens with one attached hydrogen (secondary N) is 1. The molecular weight excluding hydrogens is 429 g/mol. The largest absolute Gasteiger partial charge is 0.388 e. The van der Waals surface area contributed by atoms with Crippen LogP contribution < -0.4 is 5.32 Å². The number of guanidine groups is 1. The number of aliphatic imine (C=N–C) groups is 1. The third-order valence-corrected chi connectivity index (χ3v) is 5.33. The van der Waals surface area contributed by atoms with E-state index in [4.69, 9.17) is 4.99 Å². The lowest BCUT2D eigenvalue weighted by Crippen LogP contribution is -2.42. The second-order valence-electron chi connectivity index (χ2n) is 7.33. The Kier molecular flexibility index (Phi) is 7.54. The van der Waals surface area contributed by atoms with Crippen molar-refractivity contribution in [1.82, 2.24) is 20.0 Å². The molecule has 2 fully saturated rings. The van der Waals surface area contributed by atoms with Gasteiger partial charge in [-0.25, -0.2) is 0 Å². The predicted molar refractivity (Wildman–Crippen MR) is 112 cm³/mol. The third kappa shape index (κ3) is 5.32. The van der Waals surface area contributed by atoms with Gasteiger partial charge in [0, 0.05) is 38.8 Å². The molecule has 2 N–H and O–H groups in total. The number of aromatic nitrogens is 2. The Morgan fingerprint density at radius 3 is 2.80 bits per heavy atom. The summed E-state index contributed by atoms with van der Waals surface area (Å²) in [4.78, 5) is 7.11. The Hall–Kier alpha value is -0.830. The van der Waals surface area contributed by atoms with Crippen molar-refractivity contribution in [3.05, 3.63) is 18.0 Å². The lowest BCUT2D eigenvalue weighted by atomic mass is 9.85. The van der Waals surface area contributed by atoms with Crippen molar-refractivity contribution in [2.24, 2.45) is 12.0 Å². The van der Waals surface area contributed by atoms with E-state index in [1.165, 1.54) is 12.0 Å². The molecule has 3 rings (SSSR count). The molecule has 1 saturated heterocycles. The lowest BCUT2D eigenvalue weighted by Gasteiger charge is -2.31. The molecule has 1 aromatic heterocycles. The Bertz CT molecular complexity index is 568. The number of nitrogens with zero attached hydrogens (tertiary/aromatic N) is 4. The molecule has 1 saturated carbocycles. The number of likely N-dealkylation sites (tertiary alicyclic amines) is 1. The molecule has 1 aromatic rings. The maximum absolute atomic E-state index is 10.7. The van der Waals surface area contributed by atoms with Crippen LogP contribution in [0.25, 0.3) is 0 Å². The van der Waals surface area contributed by atoms with Gasteiger partial charge in [-0.2, -0.15) is 5.10 Å². The molecule has 0 aromatic carbocycles. The summed E-state index contributed by atoms with van der Waals surface area (Å²) in [5.41, 5.74) is 0.711. The first-order valence-electron chi connectivity index (χ1n) is 9.34. The van der Waals surface area contributed by atoms with Crippen LogP contribution in [0.3, 0.4) is 0 Å². The Morgan fingerprint density at radius 1 is 1.40 bits per heavy atom. The summed E-state index contributed by atoms with van der Waals surface area (Å²) in [6, 6.07) is 0. The van der Waals surface area contributed by atoms with Crippen LogP contribution in [0.1, 0.15) is 56.9 Å². The number of halogens is 1. The summed E-state index contributed by atoms with van der Waals surface area (Å²) in [5.74, 6) is 1.46. The van der Waals surface area contributed by atoms with Gasteiger partial charge in [0.1, 0.15) is 0 Å². The Morgan fingerprint density at radius 2 is 2.16 bits per heavy atom. The zero-order valence-electron chi connectivity index (χ0n) is 15.4. The summed E-state index contributed by atoms with van der Waals surface area (Å²) in [6.45, 7) is 5.44. The van der Waals surface area contributed by atoms with E-state index < -0.39 is 5.60 Å². The predicted octanol–water partition coefficient (Wildman–Crippen LogP) is 2.49. The van der Waals surface area contributed by atoms with Gasteiger partial charge in [-0.15, -0.1) is 24.0 Å². The van der Waals surface area contributed by atoms with Crippen molar-refractivity contribution in [3.8, 4) is 0 Å². The van der Waals surface area contributed by atoms with Crippen molar-refractivity contribution in [2.45, 2.75) is 57.0 Å². The number of aliphatic hydroxyl groups is 1. The van der Waals surface area contributed by atoms with Crippen LogP contribution in [0.4, 0.5) is 0 Å². The molecule has 0 amide bonds. The molecular formula is C18H32IN5O. The summed E-state index contributed by atoms with van der Waals surface area (Å²) in [7, 11) is 1.96. The zero-order chi connectivity index (χ0) is 17.0. The molecule has 0 radical (unpaired) electrons. The average molecular weight is 461 g/mol. The molecule has 1 unspecified atom stereocenters. The molecule has 1 aliphatic carbocycles. The molecule has 0 spiro atoms. The normalized spacial score (nSPS) is 23.4. The maximum Gasteiger partial charge on any atom is 0.194 e. The van der Waals surface area contributed by atoms with Gasteiger partial charge in [0.05, 0.1) is 18.3 Å². The van der Waals surface area contributed by atoms with E-state index in [9.17, 15) is 5.11 Å². The molecule has 2 aliphatic rings. The van der Waals surface area contributed by atoms with Crippen molar-refractivity contribution < 1.29 is 5.11 Å². The average Bonchev–Trinajstić information content (AvgIpc) is 3.21. The molecule has 0 bridgehead atoms. The highest BCUT2D eigenvalue weighted by Gasteiger charge is 2.31. The van der Waals surface area contributed by atoms with Crippen LogP contribution in [-0.4, -0.2) is 57.5 Å². The molecule has 7 heteroatoms. The highest BCUT2D eigenvalue weighted by Crippen LogP contribution is 2.29. The molecule has 6 nitrogen and oxygen atoms in total. The highest BCUT2D eigenvalue weighted by molar-refractivity contribution is 14.0. The minimum atomic E-state index is -0.596. The molecule has 2 heterocycles. The fraction of sp³-hybridized carbons (Fsp3) is 0.778. The van der Waals surface area contributed by atoms with Gasteiger partial charge in [-0.3, -0.25) is 9.67 Å². The van der Waals surface area contributed by atoms with Crippen molar-refractivity contribution >= 4 is 29.9 Å². The number of rotatable bonds is 4. The fourth-order valence-electron chi connectivity index (χ4n) is 3.89. The zero-order valence-corrected chi connectivity index (χ0v) is 17.8. The molecule has 1 aliphatic heterocycles. The summed E-state index contributed by atoms with van der Waals surface area (Å²) < 4.78 is 1.87. The first-order chi connectivity index (χ1) is 11.6. The quantitative estimate of drug-likeness (QED) is 0.411. The minimum absolute atomic E-state index is 0. The van der Waals surface area contributed by atoms with Gasteiger partial charge >= 0.3 is 0 Å². The minimum Gasteiger partial charge on any atom is -0.388 e. The van der Waals surface area contributed by atoms with Crippen molar-refractivity contribution in [3.63, 3.8) is 0 Å². The molecule has 142 valence electrons. The maximum atomic E-state index is 10.7. The first kappa shape index (κ1) is 20.5. The SMILES string of the molecule is CCNC(=NCC1(O)CCCCC1)N1CCC(c2cnn(C)c2)C1.I. The van der Waals surface area contributed by atoms with Crippen molar-refractivity contribution in [1.29, 1.82) is 0 Å². The fourth-order valence-corrected chi connectivity index (χ4v) is 3.89. The molecule has 25 heavy (non-hydrogen) atoms. The second-order valence-corrected chi connectivity index (χ2v) is 7.33. The smallest absolute Gasteiger partial charge is 0.194 e. The number of aryl methyl sites for hydroxylation is 1. The molecule has 1 atom stereocenters. The van der Waals surface area contributed by atoms with Crippen LogP contribution in [0.2, 0.25) is 0 Å². The third-order valence-electron chi connectivity index (χ3n) is 5.33. The van der Waals surface area contributed by atoms with Crippen LogP contribution >= 0.6 is 24.0 Å². The van der Waals surface area contributed by atoms with Gasteiger partial charge in [0.25, 0.3) is 0 Å². The number of hydrogen-bond donors (Lipinski definition) is 2. The van der Waals surface area contributed by atoms with E-state index in [2.05, 4.69) is 28.4 Å². The van der Waals surface area contributed by atoms with Crippen LogP contribution in [-0.2, 0) is 7.05 Å². The van der Waals surface area contributed by atoms with Crippen LogP contribution in [0.5, 0.6) is 0 Å². The van der Waals surface area contributed by atoms with Crippen LogP contribution in [0, 0.1) is 0 Å². The summed E-state index contributed by atoms with van der Waals surface area (Å²) >= 11 is 0. The van der Waals surface area contributed by atoms with Gasteiger partial charge in [-0.05, 0) is 31.7 Å². The topological polar surface area (TPSA) is 65.7 Å². The van der Waals surface area contributed by atoms with Crippen LogP contribution in [0.15, 0.2) is 17.4 Å². The standard InChI is InChI=1S/C18H31N5O.HI/c1-3-19-17(20-14-18(24)8-5-4-6-9-18)23-10-7-15(13-23)16-11-21-22(2)12-16;/h11-12,15,24H,3-10,13-14H2,1-2H3,(H,19,20);1H. The number of hydrogen-bond acceptors (Lipinski definition) is 3. The Balaban J connectivity index is 0.00000225. The van der Waals surface area contributed by atoms with E-state index in [0.29, 0.717) is 12.5 Å². The van der Waals surface area contributed by atoms with E-state index in [-0.39, 0.29) is 24.0 Å². The van der Waals surface area contributed by atoms with E-state index >= 15 is 0 Å². The Labute approximate surface area is 168 Å². The lowest BCUT2D eigenvalue weighted by molar-refractivity contribution is 0.0130. The first-order valence-corrected chi connectivity index (χ1v) is 9.34. The van der Waals surface area contributed by atoms with Gasteiger partial charge in [0.15, 0.2) is 5.96 Å². The van der Waals surface area contributed by atoms with Gasteiger partial charge in [0.2, 0.25) is 0 Å². The van der Waals surface area contributed by atoms with E-state index in [0.717, 1.165) is 57.7 Å². The summed E-state index contributed by atoms with van der Waals surface area (Å²) in [5, 5.41) is 18.4. The highest BCUT2D eigenvalue weighted by atomic mass is 127. The monoisotopic (exact) mass is 461 g/mol. The van der Waals surface area contributed by atoms with Gasteiger partial charge < -0.3 is 15.3 Å².